The van der Waals surface area contributed by atoms with E-state index in [-0.39, 0.29) is 17.5 Å². The monoisotopic (exact) mass is 289 g/mol. The second-order valence-corrected chi connectivity index (χ2v) is 7.93. The summed E-state index contributed by atoms with van der Waals surface area (Å²) in [6.07, 6.45) is 6.85. The molecule has 19 heavy (non-hydrogen) atoms. The molecule has 1 N–H and O–H groups in total. The maximum atomic E-state index is 11.6. The molecule has 5 nitrogen and oxygen atoms in total. The average Bonchev–Trinajstić information content (AvgIpc) is 2.36. The van der Waals surface area contributed by atoms with Gasteiger partial charge >= 0.3 is 6.09 Å². The van der Waals surface area contributed by atoms with Crippen LogP contribution in [0.1, 0.15) is 44.9 Å². The number of ether oxygens (including phenoxy) is 1. The van der Waals surface area contributed by atoms with Crippen molar-refractivity contribution in [1.29, 1.82) is 0 Å². The van der Waals surface area contributed by atoms with Crippen molar-refractivity contribution in [3.63, 3.8) is 0 Å². The molecule has 0 aromatic rings. The van der Waals surface area contributed by atoms with E-state index >= 15 is 0 Å². The highest BCUT2D eigenvalue weighted by atomic mass is 32.2. The van der Waals surface area contributed by atoms with E-state index < -0.39 is 15.9 Å². The van der Waals surface area contributed by atoms with Gasteiger partial charge in [0.2, 0.25) is 0 Å². The third-order valence-corrected chi connectivity index (χ3v) is 5.78. The van der Waals surface area contributed by atoms with Crippen LogP contribution < -0.4 is 5.32 Å². The lowest BCUT2D eigenvalue weighted by Gasteiger charge is -2.24. The van der Waals surface area contributed by atoms with E-state index in [9.17, 15) is 13.2 Å². The molecule has 0 radical (unpaired) electrons. The van der Waals surface area contributed by atoms with Gasteiger partial charge < -0.3 is 10.1 Å². The smallest absolute Gasteiger partial charge is 0.407 e. The zero-order chi connectivity index (χ0) is 13.7. The van der Waals surface area contributed by atoms with Crippen molar-refractivity contribution in [1.82, 2.24) is 5.32 Å². The molecule has 6 heteroatoms. The number of alkyl carbamates (subject to hydrolysis) is 1. The zero-order valence-corrected chi connectivity index (χ0v) is 12.1. The van der Waals surface area contributed by atoms with Crippen LogP contribution in [0.5, 0.6) is 0 Å². The molecular weight excluding hydrogens is 266 g/mol. The van der Waals surface area contributed by atoms with Crippen LogP contribution in [0.15, 0.2) is 0 Å². The molecule has 1 amide bonds. The number of rotatable bonds is 3. The molecule has 0 bridgehead atoms. The van der Waals surface area contributed by atoms with Gasteiger partial charge in [0.25, 0.3) is 0 Å². The number of carbonyl (C=O) groups excluding carboxylic acids is 1. The molecule has 0 spiro atoms. The SMILES string of the molecule is O=C(N[C@H]1CCCS(=O)(=O)C1)OCC1CCCCC1. The molecule has 1 saturated carbocycles. The van der Waals surface area contributed by atoms with E-state index in [1.165, 1.54) is 19.3 Å². The first-order chi connectivity index (χ1) is 9.05. The van der Waals surface area contributed by atoms with E-state index in [2.05, 4.69) is 5.32 Å². The van der Waals surface area contributed by atoms with Crippen molar-refractivity contribution in [3.8, 4) is 0 Å². The van der Waals surface area contributed by atoms with Crippen LogP contribution in [0.4, 0.5) is 4.79 Å². The summed E-state index contributed by atoms with van der Waals surface area (Å²) in [5.74, 6) is 0.767. The lowest BCUT2D eigenvalue weighted by Crippen LogP contribution is -2.43. The summed E-state index contributed by atoms with van der Waals surface area (Å²) < 4.78 is 28.1. The number of carbonyl (C=O) groups is 1. The number of hydrogen-bond donors (Lipinski definition) is 1. The molecule has 110 valence electrons. The predicted octanol–water partition coefficient (Wildman–Crippen LogP) is 1.87. The van der Waals surface area contributed by atoms with Crippen molar-refractivity contribution < 1.29 is 17.9 Å². The molecule has 2 rings (SSSR count). The first-order valence-corrected chi connectivity index (χ1v) is 9.01. The van der Waals surface area contributed by atoms with Gasteiger partial charge in [0, 0.05) is 6.04 Å². The fourth-order valence-electron chi connectivity index (χ4n) is 2.89. The van der Waals surface area contributed by atoms with Crippen molar-refractivity contribution in [2.75, 3.05) is 18.1 Å². The lowest BCUT2D eigenvalue weighted by molar-refractivity contribution is 0.113. The quantitative estimate of drug-likeness (QED) is 0.861. The summed E-state index contributed by atoms with van der Waals surface area (Å²) in [6.45, 7) is 0.464. The van der Waals surface area contributed by atoms with E-state index in [0.717, 1.165) is 19.3 Å². The van der Waals surface area contributed by atoms with E-state index in [0.29, 0.717) is 18.9 Å². The Morgan fingerprint density at radius 3 is 2.53 bits per heavy atom. The van der Waals surface area contributed by atoms with E-state index in [4.69, 9.17) is 4.74 Å². The maximum absolute atomic E-state index is 11.6. The van der Waals surface area contributed by atoms with Crippen LogP contribution in [-0.2, 0) is 14.6 Å². The normalized spacial score (nSPS) is 27.7. The van der Waals surface area contributed by atoms with Gasteiger partial charge in [-0.05, 0) is 31.6 Å². The molecule has 1 aliphatic carbocycles. The summed E-state index contributed by atoms with van der Waals surface area (Å²) >= 11 is 0. The van der Waals surface area contributed by atoms with Gasteiger partial charge in [0.15, 0.2) is 9.84 Å². The van der Waals surface area contributed by atoms with Crippen LogP contribution in [-0.4, -0.2) is 38.7 Å². The van der Waals surface area contributed by atoms with Crippen LogP contribution in [0.2, 0.25) is 0 Å². The average molecular weight is 289 g/mol. The molecule has 1 saturated heterocycles. The Hall–Kier alpha value is -0.780. The summed E-state index contributed by atoms with van der Waals surface area (Å²) in [4.78, 5) is 11.6. The van der Waals surface area contributed by atoms with Crippen molar-refractivity contribution in [3.05, 3.63) is 0 Å². The zero-order valence-electron chi connectivity index (χ0n) is 11.3. The van der Waals surface area contributed by atoms with Gasteiger partial charge in [-0.3, -0.25) is 0 Å². The topological polar surface area (TPSA) is 72.5 Å². The van der Waals surface area contributed by atoms with Crippen LogP contribution in [0, 0.1) is 5.92 Å². The lowest BCUT2D eigenvalue weighted by atomic mass is 9.90. The van der Waals surface area contributed by atoms with Gasteiger partial charge in [-0.2, -0.15) is 0 Å². The number of nitrogens with one attached hydrogen (secondary N) is 1. The maximum Gasteiger partial charge on any atom is 0.407 e. The van der Waals surface area contributed by atoms with Gasteiger partial charge in [-0.1, -0.05) is 19.3 Å². The molecule has 0 unspecified atom stereocenters. The Labute approximate surface area is 115 Å². The Bertz CT molecular complexity index is 401. The summed E-state index contributed by atoms with van der Waals surface area (Å²) in [5.41, 5.74) is 0. The predicted molar refractivity (Wildman–Crippen MR) is 72.7 cm³/mol. The second-order valence-electron chi connectivity index (χ2n) is 5.70. The highest BCUT2D eigenvalue weighted by Gasteiger charge is 2.26. The van der Waals surface area contributed by atoms with E-state index in [1.807, 2.05) is 0 Å². The van der Waals surface area contributed by atoms with Crippen LogP contribution in [0.25, 0.3) is 0 Å². The second kappa shape index (κ2) is 6.59. The minimum absolute atomic E-state index is 0.0472. The Balaban J connectivity index is 1.69. The fourth-order valence-corrected chi connectivity index (χ4v) is 4.53. The van der Waals surface area contributed by atoms with Crippen molar-refractivity contribution in [2.24, 2.45) is 5.92 Å². The third kappa shape index (κ3) is 5.01. The molecular formula is C13H23NO4S. The van der Waals surface area contributed by atoms with Gasteiger partial charge in [0.05, 0.1) is 18.1 Å². The standard InChI is InChI=1S/C13H23NO4S/c15-13(18-9-11-5-2-1-3-6-11)14-12-7-4-8-19(16,17)10-12/h11-12H,1-10H2,(H,14,15)/t12-/m0/s1. The molecule has 0 aromatic carbocycles. The first kappa shape index (κ1) is 14.6. The third-order valence-electron chi connectivity index (χ3n) is 3.96. The minimum atomic E-state index is -2.98. The minimum Gasteiger partial charge on any atom is -0.449 e. The Morgan fingerprint density at radius 2 is 1.84 bits per heavy atom. The highest BCUT2D eigenvalue weighted by Crippen LogP contribution is 2.23. The summed E-state index contributed by atoms with van der Waals surface area (Å²) in [7, 11) is -2.98. The van der Waals surface area contributed by atoms with Gasteiger partial charge in [-0.25, -0.2) is 13.2 Å². The number of sulfone groups is 1. The van der Waals surface area contributed by atoms with Gasteiger partial charge in [-0.15, -0.1) is 0 Å². The Morgan fingerprint density at radius 1 is 1.11 bits per heavy atom. The number of hydrogen-bond acceptors (Lipinski definition) is 4. The molecule has 1 heterocycles. The van der Waals surface area contributed by atoms with Crippen molar-refractivity contribution >= 4 is 15.9 Å². The largest absolute Gasteiger partial charge is 0.449 e. The summed E-state index contributed by atoms with van der Waals surface area (Å²) in [5, 5.41) is 2.67. The fraction of sp³-hybridized carbons (Fsp3) is 0.923. The molecule has 2 aliphatic rings. The van der Waals surface area contributed by atoms with Crippen LogP contribution in [0.3, 0.4) is 0 Å². The highest BCUT2D eigenvalue weighted by molar-refractivity contribution is 7.91. The number of amides is 1. The molecule has 0 aromatic heterocycles. The van der Waals surface area contributed by atoms with E-state index in [1.54, 1.807) is 0 Å². The molecule has 2 fully saturated rings. The Kier molecular flexibility index (Phi) is 5.07. The molecule has 1 aliphatic heterocycles. The van der Waals surface area contributed by atoms with Crippen LogP contribution >= 0.6 is 0 Å². The van der Waals surface area contributed by atoms with Crippen molar-refractivity contribution in [2.45, 2.75) is 51.0 Å². The summed E-state index contributed by atoms with van der Waals surface area (Å²) in [6, 6.07) is -0.280. The molecule has 1 atom stereocenters. The first-order valence-electron chi connectivity index (χ1n) is 7.19. The van der Waals surface area contributed by atoms with Gasteiger partial charge in [0.1, 0.15) is 0 Å².